The Kier molecular flexibility index (Phi) is 4.10. The zero-order valence-corrected chi connectivity index (χ0v) is 12.3. The molecule has 1 heterocycles. The molecule has 0 saturated carbocycles. The fourth-order valence-corrected chi connectivity index (χ4v) is 2.51. The smallest absolute Gasteiger partial charge is 0.269 e. The number of nitrogens with two attached hydrogens (primary N) is 1. The molecular formula is C12H12ClFN4OS. The zero-order chi connectivity index (χ0) is 14.9. The molecule has 20 heavy (non-hydrogen) atoms. The number of anilines is 3. The van der Waals surface area contributed by atoms with Gasteiger partial charge in [0.2, 0.25) is 0 Å². The molecule has 8 heteroatoms. The average molecular weight is 315 g/mol. The summed E-state index contributed by atoms with van der Waals surface area (Å²) in [5.74, 6) is -0.840. The third kappa shape index (κ3) is 3.17. The van der Waals surface area contributed by atoms with Gasteiger partial charge in [-0.1, -0.05) is 22.9 Å². The highest BCUT2D eigenvalue weighted by Gasteiger charge is 2.17. The van der Waals surface area contributed by atoms with Crippen molar-refractivity contribution in [3.63, 3.8) is 0 Å². The second-order valence-corrected chi connectivity index (χ2v) is 5.63. The maximum Gasteiger partial charge on any atom is 0.269 e. The number of hydrogen-bond donors (Lipinski definition) is 2. The van der Waals surface area contributed by atoms with Crippen molar-refractivity contribution in [2.75, 3.05) is 30.0 Å². The number of carbonyl (C=O) groups is 1. The molecule has 0 aliphatic carbocycles. The lowest BCUT2D eigenvalue weighted by Crippen LogP contribution is -2.12. The summed E-state index contributed by atoms with van der Waals surface area (Å²) in [6, 6.07) is 3.78. The van der Waals surface area contributed by atoms with Crippen LogP contribution in [0.3, 0.4) is 0 Å². The van der Waals surface area contributed by atoms with E-state index in [1.807, 2.05) is 0 Å². The topological polar surface area (TPSA) is 71.2 Å². The highest BCUT2D eigenvalue weighted by Crippen LogP contribution is 2.28. The van der Waals surface area contributed by atoms with E-state index in [2.05, 4.69) is 10.3 Å². The predicted octanol–water partition coefficient (Wildman–Crippen LogP) is 2.84. The number of carbonyl (C=O) groups excluding carboxylic acids is 1. The van der Waals surface area contributed by atoms with Gasteiger partial charge in [0, 0.05) is 24.8 Å². The van der Waals surface area contributed by atoms with Crippen LogP contribution in [0.1, 0.15) is 9.67 Å². The van der Waals surface area contributed by atoms with Crippen molar-refractivity contribution in [1.29, 1.82) is 0 Å². The molecule has 0 aliphatic heterocycles. The molecule has 1 aromatic heterocycles. The normalized spacial score (nSPS) is 10.4. The van der Waals surface area contributed by atoms with Gasteiger partial charge in [-0.05, 0) is 18.2 Å². The molecular weight excluding hydrogens is 303 g/mol. The largest absolute Gasteiger partial charge is 0.382 e. The summed E-state index contributed by atoms with van der Waals surface area (Å²) >= 11 is 6.88. The van der Waals surface area contributed by atoms with Crippen molar-refractivity contribution >= 4 is 45.5 Å². The molecule has 0 spiro atoms. The minimum atomic E-state index is -0.529. The molecule has 5 nitrogen and oxygen atoms in total. The van der Waals surface area contributed by atoms with Crippen LogP contribution < -0.4 is 16.0 Å². The Balaban J connectivity index is 2.23. The first-order valence-electron chi connectivity index (χ1n) is 5.58. The molecule has 1 amide bonds. The lowest BCUT2D eigenvalue weighted by molar-refractivity contribution is 0.103. The summed E-state index contributed by atoms with van der Waals surface area (Å²) in [5.41, 5.74) is 5.97. The van der Waals surface area contributed by atoms with Crippen molar-refractivity contribution < 1.29 is 9.18 Å². The molecule has 0 atom stereocenters. The second-order valence-electron chi connectivity index (χ2n) is 4.22. The maximum atomic E-state index is 13.2. The maximum absolute atomic E-state index is 13.2. The quantitative estimate of drug-likeness (QED) is 0.914. The van der Waals surface area contributed by atoms with Crippen LogP contribution in [0.25, 0.3) is 0 Å². The molecule has 3 N–H and O–H groups in total. The van der Waals surface area contributed by atoms with Gasteiger partial charge in [-0.15, -0.1) is 0 Å². The highest BCUT2D eigenvalue weighted by molar-refractivity contribution is 7.18. The summed E-state index contributed by atoms with van der Waals surface area (Å²) in [5, 5.41) is 3.36. The van der Waals surface area contributed by atoms with Crippen molar-refractivity contribution in [1.82, 2.24) is 4.98 Å². The molecule has 2 aromatic rings. The van der Waals surface area contributed by atoms with Crippen LogP contribution in [-0.4, -0.2) is 25.0 Å². The molecule has 0 aliphatic rings. The van der Waals surface area contributed by atoms with Crippen LogP contribution in [-0.2, 0) is 0 Å². The third-order valence-corrected chi connectivity index (χ3v) is 3.81. The number of nitrogen functional groups attached to an aromatic ring is 1. The minimum Gasteiger partial charge on any atom is -0.382 e. The summed E-state index contributed by atoms with van der Waals surface area (Å²) in [6.07, 6.45) is 0. The molecule has 0 radical (unpaired) electrons. The Morgan fingerprint density at radius 3 is 2.70 bits per heavy atom. The number of benzene rings is 1. The molecule has 0 unspecified atom stereocenters. The van der Waals surface area contributed by atoms with Gasteiger partial charge in [-0.25, -0.2) is 9.37 Å². The van der Waals surface area contributed by atoms with Crippen LogP contribution >= 0.6 is 22.9 Å². The summed E-state index contributed by atoms with van der Waals surface area (Å²) < 4.78 is 13.2. The predicted molar refractivity (Wildman–Crippen MR) is 80.2 cm³/mol. The number of nitrogens with one attached hydrogen (secondary N) is 1. The van der Waals surface area contributed by atoms with Gasteiger partial charge < -0.3 is 16.0 Å². The van der Waals surface area contributed by atoms with E-state index in [0.717, 1.165) is 17.4 Å². The van der Waals surface area contributed by atoms with Gasteiger partial charge in [-0.2, -0.15) is 0 Å². The summed E-state index contributed by atoms with van der Waals surface area (Å²) in [7, 11) is 3.60. The van der Waals surface area contributed by atoms with Gasteiger partial charge in [0.1, 0.15) is 16.5 Å². The zero-order valence-electron chi connectivity index (χ0n) is 10.8. The Hall–Kier alpha value is -1.86. The number of aromatic nitrogens is 1. The van der Waals surface area contributed by atoms with E-state index in [9.17, 15) is 9.18 Å². The first-order chi connectivity index (χ1) is 9.36. The van der Waals surface area contributed by atoms with E-state index in [4.69, 9.17) is 17.3 Å². The number of hydrogen-bond acceptors (Lipinski definition) is 5. The fourth-order valence-electron chi connectivity index (χ4n) is 1.49. The molecule has 0 saturated heterocycles. The Bertz CT molecular complexity index is 639. The number of nitrogens with zero attached hydrogens (tertiary/aromatic N) is 2. The van der Waals surface area contributed by atoms with Crippen molar-refractivity contribution in [3.8, 4) is 0 Å². The van der Waals surface area contributed by atoms with Crippen LogP contribution in [0, 0.1) is 5.82 Å². The number of thiazole rings is 1. The monoisotopic (exact) mass is 314 g/mol. The Morgan fingerprint density at radius 1 is 1.45 bits per heavy atom. The Labute approximate surface area is 124 Å². The SMILES string of the molecule is CN(C)c1nc(N)c(C(=O)Nc2cc(F)cc(Cl)c2)s1. The van der Waals surface area contributed by atoms with Crippen LogP contribution in [0.4, 0.5) is 21.0 Å². The van der Waals surface area contributed by atoms with E-state index in [1.54, 1.807) is 19.0 Å². The molecule has 106 valence electrons. The van der Waals surface area contributed by atoms with Crippen LogP contribution in [0.15, 0.2) is 18.2 Å². The molecule has 1 aromatic carbocycles. The Morgan fingerprint density at radius 2 is 2.15 bits per heavy atom. The lowest BCUT2D eigenvalue weighted by atomic mass is 10.3. The minimum absolute atomic E-state index is 0.138. The van der Waals surface area contributed by atoms with Crippen molar-refractivity contribution in [3.05, 3.63) is 33.9 Å². The third-order valence-electron chi connectivity index (χ3n) is 2.35. The molecule has 0 bridgehead atoms. The summed E-state index contributed by atoms with van der Waals surface area (Å²) in [4.78, 5) is 18.2. The lowest BCUT2D eigenvalue weighted by Gasteiger charge is -2.05. The second kappa shape index (κ2) is 5.64. The van der Waals surface area contributed by atoms with E-state index >= 15 is 0 Å². The summed E-state index contributed by atoms with van der Waals surface area (Å²) in [6.45, 7) is 0. The van der Waals surface area contributed by atoms with Gasteiger partial charge in [-0.3, -0.25) is 4.79 Å². The van der Waals surface area contributed by atoms with Gasteiger partial charge in [0.25, 0.3) is 5.91 Å². The van der Waals surface area contributed by atoms with Gasteiger partial charge in [0.15, 0.2) is 5.13 Å². The van der Waals surface area contributed by atoms with E-state index in [1.165, 1.54) is 12.1 Å². The van der Waals surface area contributed by atoms with Gasteiger partial charge >= 0.3 is 0 Å². The number of amides is 1. The first kappa shape index (κ1) is 14.5. The average Bonchev–Trinajstić information content (AvgIpc) is 2.70. The van der Waals surface area contributed by atoms with E-state index < -0.39 is 11.7 Å². The van der Waals surface area contributed by atoms with Crippen molar-refractivity contribution in [2.45, 2.75) is 0 Å². The highest BCUT2D eigenvalue weighted by atomic mass is 35.5. The van der Waals surface area contributed by atoms with E-state index in [0.29, 0.717) is 5.13 Å². The molecule has 0 fully saturated rings. The number of rotatable bonds is 3. The standard InChI is InChI=1S/C12H12ClFN4OS/c1-18(2)12-17-10(15)9(20-12)11(19)16-8-4-6(13)3-7(14)5-8/h3-5H,15H2,1-2H3,(H,16,19). The number of halogens is 2. The first-order valence-corrected chi connectivity index (χ1v) is 6.77. The van der Waals surface area contributed by atoms with E-state index in [-0.39, 0.29) is 21.4 Å². The molecule has 2 rings (SSSR count). The van der Waals surface area contributed by atoms with Gasteiger partial charge in [0.05, 0.1) is 0 Å². The van der Waals surface area contributed by atoms with Crippen LogP contribution in [0.2, 0.25) is 5.02 Å². The van der Waals surface area contributed by atoms with Crippen LogP contribution in [0.5, 0.6) is 0 Å². The van der Waals surface area contributed by atoms with Crippen molar-refractivity contribution in [2.24, 2.45) is 0 Å². The fraction of sp³-hybridized carbons (Fsp3) is 0.167.